The Balaban J connectivity index is 2.13. The fraction of sp³-hybridized carbons (Fsp3) is 0.263. The first-order valence-corrected chi connectivity index (χ1v) is 7.85. The second kappa shape index (κ2) is 8.15. The van der Waals surface area contributed by atoms with Crippen molar-refractivity contribution in [2.75, 3.05) is 11.4 Å². The van der Waals surface area contributed by atoms with E-state index in [4.69, 9.17) is 10.5 Å². The van der Waals surface area contributed by atoms with Gasteiger partial charge < -0.3 is 15.4 Å². The molecule has 0 saturated heterocycles. The minimum atomic E-state index is -0.680. The van der Waals surface area contributed by atoms with Crippen molar-refractivity contribution in [3.63, 3.8) is 0 Å². The first-order chi connectivity index (χ1) is 11.5. The molecular weight excluding hydrogens is 304 g/mol. The van der Waals surface area contributed by atoms with Crippen LogP contribution in [-0.4, -0.2) is 24.5 Å². The molecule has 0 bridgehead atoms. The van der Waals surface area contributed by atoms with Crippen LogP contribution in [0, 0.1) is 6.92 Å². The second-order valence-electron chi connectivity index (χ2n) is 5.61. The van der Waals surface area contributed by atoms with Crippen molar-refractivity contribution in [2.45, 2.75) is 26.4 Å². The van der Waals surface area contributed by atoms with E-state index >= 15 is 0 Å². The van der Waals surface area contributed by atoms with E-state index in [-0.39, 0.29) is 18.9 Å². The molecule has 2 N–H and O–H groups in total. The van der Waals surface area contributed by atoms with E-state index in [1.165, 1.54) is 4.90 Å². The summed E-state index contributed by atoms with van der Waals surface area (Å²) in [6, 6.07) is 16.7. The zero-order valence-corrected chi connectivity index (χ0v) is 13.9. The van der Waals surface area contributed by atoms with E-state index in [0.29, 0.717) is 11.4 Å². The van der Waals surface area contributed by atoms with Gasteiger partial charge in [0, 0.05) is 18.7 Å². The molecule has 2 aromatic rings. The molecule has 1 atom stereocenters. The lowest BCUT2D eigenvalue weighted by Gasteiger charge is -2.26. The van der Waals surface area contributed by atoms with E-state index in [2.05, 4.69) is 0 Å². The lowest BCUT2D eigenvalue weighted by atomic mass is 10.2. The molecule has 0 aliphatic rings. The van der Waals surface area contributed by atoms with Gasteiger partial charge in [-0.1, -0.05) is 35.9 Å². The molecule has 0 radical (unpaired) electrons. The van der Waals surface area contributed by atoms with Gasteiger partial charge in [-0.2, -0.15) is 0 Å². The highest BCUT2D eigenvalue weighted by Crippen LogP contribution is 2.18. The van der Waals surface area contributed by atoms with Gasteiger partial charge in [-0.25, -0.2) is 0 Å². The highest BCUT2D eigenvalue weighted by Gasteiger charge is 2.23. The number of benzene rings is 2. The van der Waals surface area contributed by atoms with Crippen LogP contribution in [0.25, 0.3) is 0 Å². The Morgan fingerprint density at radius 3 is 2.29 bits per heavy atom. The Morgan fingerprint density at radius 1 is 1.08 bits per heavy atom. The van der Waals surface area contributed by atoms with E-state index in [1.807, 2.05) is 61.5 Å². The quantitative estimate of drug-likeness (QED) is 0.850. The molecule has 5 nitrogen and oxygen atoms in total. The molecule has 2 aromatic carbocycles. The standard InChI is InChI=1S/C19H22N2O3/c1-14-8-10-17(11-9-14)24-15(2)19(23)21(13-12-18(20)22)16-6-4-3-5-7-16/h3-11,15H,12-13H2,1-2H3,(H2,20,22)/t15-/m1/s1. The molecule has 0 heterocycles. The Morgan fingerprint density at radius 2 is 1.71 bits per heavy atom. The number of para-hydroxylation sites is 1. The summed E-state index contributed by atoms with van der Waals surface area (Å²) >= 11 is 0. The molecule has 126 valence electrons. The van der Waals surface area contributed by atoms with Crippen molar-refractivity contribution in [2.24, 2.45) is 5.73 Å². The van der Waals surface area contributed by atoms with Crippen molar-refractivity contribution < 1.29 is 14.3 Å². The summed E-state index contributed by atoms with van der Waals surface area (Å²) in [5.74, 6) is -0.0387. The van der Waals surface area contributed by atoms with Crippen molar-refractivity contribution in [1.29, 1.82) is 0 Å². The number of nitrogens with zero attached hydrogens (tertiary/aromatic N) is 1. The fourth-order valence-corrected chi connectivity index (χ4v) is 2.29. The number of amides is 2. The van der Waals surface area contributed by atoms with Crippen molar-refractivity contribution in [3.8, 4) is 5.75 Å². The van der Waals surface area contributed by atoms with Crippen LogP contribution < -0.4 is 15.4 Å². The molecule has 2 amide bonds. The second-order valence-corrected chi connectivity index (χ2v) is 5.61. The fourth-order valence-electron chi connectivity index (χ4n) is 2.29. The van der Waals surface area contributed by atoms with Gasteiger partial charge in [0.05, 0.1) is 0 Å². The monoisotopic (exact) mass is 326 g/mol. The van der Waals surface area contributed by atoms with Gasteiger partial charge in [0.2, 0.25) is 5.91 Å². The van der Waals surface area contributed by atoms with Crippen LogP contribution in [0.1, 0.15) is 18.9 Å². The lowest BCUT2D eigenvalue weighted by molar-refractivity contribution is -0.124. The molecule has 0 fully saturated rings. The third kappa shape index (κ3) is 4.84. The van der Waals surface area contributed by atoms with Gasteiger partial charge in [0.15, 0.2) is 6.10 Å². The summed E-state index contributed by atoms with van der Waals surface area (Å²) < 4.78 is 5.73. The number of hydrogen-bond donors (Lipinski definition) is 1. The number of aryl methyl sites for hydroxylation is 1. The SMILES string of the molecule is Cc1ccc(O[C@H](C)C(=O)N(CCC(N)=O)c2ccccc2)cc1. The molecular formula is C19H22N2O3. The maximum Gasteiger partial charge on any atom is 0.267 e. The largest absolute Gasteiger partial charge is 0.481 e. The van der Waals surface area contributed by atoms with E-state index < -0.39 is 12.0 Å². The topological polar surface area (TPSA) is 72.6 Å². The van der Waals surface area contributed by atoms with Gasteiger partial charge in [0.25, 0.3) is 5.91 Å². The van der Waals surface area contributed by atoms with Crippen LogP contribution in [-0.2, 0) is 9.59 Å². The van der Waals surface area contributed by atoms with Crippen LogP contribution in [0.5, 0.6) is 5.75 Å². The number of nitrogens with two attached hydrogens (primary N) is 1. The van der Waals surface area contributed by atoms with Gasteiger partial charge in [-0.3, -0.25) is 9.59 Å². The summed E-state index contributed by atoms with van der Waals surface area (Å²) in [6.45, 7) is 3.90. The summed E-state index contributed by atoms with van der Waals surface area (Å²) in [7, 11) is 0. The smallest absolute Gasteiger partial charge is 0.267 e. The van der Waals surface area contributed by atoms with Crippen LogP contribution in [0.4, 0.5) is 5.69 Å². The zero-order chi connectivity index (χ0) is 17.5. The third-order valence-corrected chi connectivity index (χ3v) is 3.60. The summed E-state index contributed by atoms with van der Waals surface area (Å²) in [4.78, 5) is 25.4. The third-order valence-electron chi connectivity index (χ3n) is 3.60. The Hall–Kier alpha value is -2.82. The zero-order valence-electron chi connectivity index (χ0n) is 13.9. The number of anilines is 1. The Kier molecular flexibility index (Phi) is 5.95. The van der Waals surface area contributed by atoms with Gasteiger partial charge in [-0.05, 0) is 38.1 Å². The minimum Gasteiger partial charge on any atom is -0.481 e. The van der Waals surface area contributed by atoms with E-state index in [9.17, 15) is 9.59 Å². The summed E-state index contributed by atoms with van der Waals surface area (Å²) in [5.41, 5.74) is 7.06. The normalized spacial score (nSPS) is 11.6. The number of primary amides is 1. The molecule has 0 saturated carbocycles. The van der Waals surface area contributed by atoms with Crippen LogP contribution >= 0.6 is 0 Å². The van der Waals surface area contributed by atoms with Gasteiger partial charge in [0.1, 0.15) is 5.75 Å². The average molecular weight is 326 g/mol. The molecule has 0 spiro atoms. The summed E-state index contributed by atoms with van der Waals surface area (Å²) in [5, 5.41) is 0. The molecule has 0 aliphatic carbocycles. The highest BCUT2D eigenvalue weighted by atomic mass is 16.5. The molecule has 2 rings (SSSR count). The Labute approximate surface area is 142 Å². The number of rotatable bonds is 7. The van der Waals surface area contributed by atoms with Crippen LogP contribution in [0.2, 0.25) is 0 Å². The van der Waals surface area contributed by atoms with Gasteiger partial charge in [-0.15, -0.1) is 0 Å². The first kappa shape index (κ1) is 17.5. The number of carbonyl (C=O) groups is 2. The number of ether oxygens (including phenoxy) is 1. The van der Waals surface area contributed by atoms with Crippen LogP contribution in [0.3, 0.4) is 0 Å². The number of carbonyl (C=O) groups excluding carboxylic acids is 2. The van der Waals surface area contributed by atoms with Crippen molar-refractivity contribution >= 4 is 17.5 Å². The molecule has 24 heavy (non-hydrogen) atoms. The van der Waals surface area contributed by atoms with Gasteiger partial charge >= 0.3 is 0 Å². The molecule has 0 aliphatic heterocycles. The maximum absolute atomic E-state index is 12.8. The predicted molar refractivity (Wildman–Crippen MR) is 93.9 cm³/mol. The molecule has 5 heteroatoms. The lowest BCUT2D eigenvalue weighted by Crippen LogP contribution is -2.42. The van der Waals surface area contributed by atoms with E-state index in [0.717, 1.165) is 5.56 Å². The predicted octanol–water partition coefficient (Wildman–Crippen LogP) is 2.67. The molecule has 0 aromatic heterocycles. The van der Waals surface area contributed by atoms with Crippen molar-refractivity contribution in [3.05, 3.63) is 60.2 Å². The Bertz CT molecular complexity index is 684. The maximum atomic E-state index is 12.8. The molecule has 0 unspecified atom stereocenters. The van der Waals surface area contributed by atoms with Crippen LogP contribution in [0.15, 0.2) is 54.6 Å². The summed E-state index contributed by atoms with van der Waals surface area (Å²) in [6.07, 6.45) is -0.585. The van der Waals surface area contributed by atoms with E-state index in [1.54, 1.807) is 6.92 Å². The minimum absolute atomic E-state index is 0.0951. The number of hydrogen-bond acceptors (Lipinski definition) is 3. The average Bonchev–Trinajstić information content (AvgIpc) is 2.57. The first-order valence-electron chi connectivity index (χ1n) is 7.85. The van der Waals surface area contributed by atoms with Crippen molar-refractivity contribution in [1.82, 2.24) is 0 Å². The highest BCUT2D eigenvalue weighted by molar-refractivity contribution is 5.97.